The molecule has 0 radical (unpaired) electrons. The average Bonchev–Trinajstić information content (AvgIpc) is 2.62. The van der Waals surface area contributed by atoms with E-state index >= 15 is 0 Å². The first-order valence-electron chi connectivity index (χ1n) is 8.22. The van der Waals surface area contributed by atoms with Crippen LogP contribution in [-0.4, -0.2) is 5.11 Å². The molecule has 3 heteroatoms. The minimum atomic E-state index is -0.687. The van der Waals surface area contributed by atoms with Crippen LogP contribution in [0.5, 0.6) is 0 Å². The topological polar surface area (TPSA) is 34.3 Å². The van der Waals surface area contributed by atoms with Crippen molar-refractivity contribution in [2.75, 3.05) is 0 Å². The van der Waals surface area contributed by atoms with Gasteiger partial charge in [-0.3, -0.25) is 0 Å². The second-order valence-electron chi connectivity index (χ2n) is 6.08. The van der Waals surface area contributed by atoms with Crippen molar-refractivity contribution in [1.82, 2.24) is 0 Å². The van der Waals surface area contributed by atoms with Crippen molar-refractivity contribution in [3.8, 4) is 0 Å². The van der Waals surface area contributed by atoms with E-state index in [1.54, 1.807) is 0 Å². The van der Waals surface area contributed by atoms with Gasteiger partial charge in [0, 0.05) is 26.2 Å². The smallest absolute Gasteiger partial charge is 0.0698 e. The molecule has 2 nitrogen and oxygen atoms in total. The van der Waals surface area contributed by atoms with Crippen molar-refractivity contribution < 1.29 is 31.3 Å². The Hall–Kier alpha value is -1.70. The molecular formula is C22H22NOZr-. The van der Waals surface area contributed by atoms with Crippen LogP contribution < -0.4 is 0 Å². The van der Waals surface area contributed by atoms with E-state index in [1.807, 2.05) is 66.7 Å². The number of aliphatic hydroxyl groups excluding tert-OH is 1. The maximum Gasteiger partial charge on any atom is 0.0698 e. The van der Waals surface area contributed by atoms with Crippen molar-refractivity contribution >= 4 is 5.69 Å². The van der Waals surface area contributed by atoms with Gasteiger partial charge in [-0.25, -0.2) is 0 Å². The predicted octanol–water partition coefficient (Wildman–Crippen LogP) is 5.78. The number of nitrogens with zero attached hydrogens (tertiary/aromatic N) is 1. The van der Waals surface area contributed by atoms with Crippen molar-refractivity contribution in [2.45, 2.75) is 26.0 Å². The van der Waals surface area contributed by atoms with Crippen LogP contribution in [0.2, 0.25) is 0 Å². The summed E-state index contributed by atoms with van der Waals surface area (Å²) in [5, 5.41) is 15.9. The molecule has 0 aromatic heterocycles. The van der Waals surface area contributed by atoms with E-state index in [9.17, 15) is 5.11 Å². The quantitative estimate of drug-likeness (QED) is 0.571. The molecule has 0 heterocycles. The standard InChI is InChI=1S/C22H22NO.Zr/c1-16-10-9-11-17(2)20(16)23-21(18-12-5-3-6-13-18)22(24)19-14-7-4-8-15-19;/h3-15,21-22,24H,1-2H3;/q-1;/t21-,22-;/m1./s1. The Kier molecular flexibility index (Phi) is 7.16. The van der Waals surface area contributed by atoms with Crippen molar-refractivity contribution in [3.05, 3.63) is 106 Å². The Morgan fingerprint density at radius 2 is 1.16 bits per heavy atom. The summed E-state index contributed by atoms with van der Waals surface area (Å²) in [7, 11) is 0. The molecule has 3 aromatic carbocycles. The van der Waals surface area contributed by atoms with E-state index in [1.165, 1.54) is 0 Å². The number of hydrogen-bond donors (Lipinski definition) is 1. The Morgan fingerprint density at radius 3 is 1.68 bits per heavy atom. The predicted molar refractivity (Wildman–Crippen MR) is 99.5 cm³/mol. The van der Waals surface area contributed by atoms with Gasteiger partial charge in [-0.05, 0) is 19.4 Å². The van der Waals surface area contributed by atoms with Crippen molar-refractivity contribution in [3.63, 3.8) is 0 Å². The summed E-state index contributed by atoms with van der Waals surface area (Å²) in [6.07, 6.45) is -0.687. The van der Waals surface area contributed by atoms with E-state index in [4.69, 9.17) is 5.32 Å². The molecule has 0 aliphatic heterocycles. The fraction of sp³-hybridized carbons (Fsp3) is 0.182. The van der Waals surface area contributed by atoms with Gasteiger partial charge < -0.3 is 10.4 Å². The minimum absolute atomic E-state index is 0. The van der Waals surface area contributed by atoms with Gasteiger partial charge in [-0.2, -0.15) is 0 Å². The molecular weight excluding hydrogens is 385 g/mol. The maximum absolute atomic E-state index is 11.0. The zero-order valence-corrected chi connectivity index (χ0v) is 17.0. The fourth-order valence-electron chi connectivity index (χ4n) is 2.96. The average molecular weight is 408 g/mol. The summed E-state index contributed by atoms with van der Waals surface area (Å²) in [5.41, 5.74) is 5.09. The number of aliphatic hydroxyl groups is 1. The van der Waals surface area contributed by atoms with Crippen LogP contribution in [0.3, 0.4) is 0 Å². The Balaban J connectivity index is 0.00000225. The first-order chi connectivity index (χ1) is 11.7. The van der Waals surface area contributed by atoms with E-state index < -0.39 is 6.10 Å². The van der Waals surface area contributed by atoms with Gasteiger partial charge in [0.2, 0.25) is 0 Å². The molecule has 0 amide bonds. The molecule has 0 saturated heterocycles. The Bertz CT molecular complexity index is 769. The van der Waals surface area contributed by atoms with Crippen molar-refractivity contribution in [2.24, 2.45) is 0 Å². The van der Waals surface area contributed by atoms with E-state index in [0.29, 0.717) is 0 Å². The zero-order chi connectivity index (χ0) is 16.9. The van der Waals surface area contributed by atoms with Gasteiger partial charge in [0.05, 0.1) is 6.10 Å². The number of aryl methyl sites for hydroxylation is 2. The molecule has 0 aliphatic rings. The van der Waals surface area contributed by atoms with Crippen LogP contribution in [0.15, 0.2) is 78.9 Å². The SMILES string of the molecule is Cc1cccc(C)c1[N-][C@H](c1ccccc1)[C@H](O)c1ccccc1.[Zr]. The van der Waals surface area contributed by atoms with Crippen LogP contribution in [0.1, 0.15) is 34.4 Å². The van der Waals surface area contributed by atoms with Crippen molar-refractivity contribution in [1.29, 1.82) is 0 Å². The Morgan fingerprint density at radius 1 is 0.680 bits per heavy atom. The number of benzene rings is 3. The zero-order valence-electron chi connectivity index (χ0n) is 14.6. The summed E-state index contributed by atoms with van der Waals surface area (Å²) < 4.78 is 0. The molecule has 3 aromatic rings. The normalized spacial score (nSPS) is 12.8. The van der Waals surface area contributed by atoms with Gasteiger partial charge in [-0.1, -0.05) is 102 Å². The summed E-state index contributed by atoms with van der Waals surface area (Å²) in [6.45, 7) is 4.12. The summed E-state index contributed by atoms with van der Waals surface area (Å²) in [4.78, 5) is 0. The largest absolute Gasteiger partial charge is 0.675 e. The van der Waals surface area contributed by atoms with Gasteiger partial charge in [0.1, 0.15) is 0 Å². The third-order valence-electron chi connectivity index (χ3n) is 4.29. The molecule has 0 saturated carbocycles. The minimum Gasteiger partial charge on any atom is -0.675 e. The van der Waals surface area contributed by atoms with Crippen LogP contribution in [0.25, 0.3) is 5.32 Å². The second-order valence-corrected chi connectivity index (χ2v) is 6.08. The molecule has 25 heavy (non-hydrogen) atoms. The van der Waals surface area contributed by atoms with Gasteiger partial charge in [0.15, 0.2) is 0 Å². The fourth-order valence-corrected chi connectivity index (χ4v) is 2.96. The monoisotopic (exact) mass is 406 g/mol. The van der Waals surface area contributed by atoms with Gasteiger partial charge >= 0.3 is 0 Å². The van der Waals surface area contributed by atoms with E-state index in [0.717, 1.165) is 27.9 Å². The van der Waals surface area contributed by atoms with Gasteiger partial charge in [-0.15, -0.1) is 5.69 Å². The molecule has 3 rings (SSSR count). The summed E-state index contributed by atoms with van der Waals surface area (Å²) in [5.74, 6) is 0. The Labute approximate surface area is 169 Å². The molecule has 126 valence electrons. The number of hydrogen-bond acceptors (Lipinski definition) is 1. The van der Waals surface area contributed by atoms with Crippen LogP contribution in [0.4, 0.5) is 5.69 Å². The maximum atomic E-state index is 11.0. The van der Waals surface area contributed by atoms with Gasteiger partial charge in [0.25, 0.3) is 0 Å². The summed E-state index contributed by atoms with van der Waals surface area (Å²) >= 11 is 0. The number of para-hydroxylation sites is 1. The number of rotatable bonds is 5. The summed E-state index contributed by atoms with van der Waals surface area (Å²) in [6, 6.07) is 25.5. The first-order valence-corrected chi connectivity index (χ1v) is 8.22. The molecule has 1 N–H and O–H groups in total. The van der Waals surface area contributed by atoms with E-state index in [-0.39, 0.29) is 32.2 Å². The second kappa shape index (κ2) is 9.13. The molecule has 0 spiro atoms. The molecule has 0 bridgehead atoms. The van der Waals surface area contributed by atoms with Crippen LogP contribution in [-0.2, 0) is 26.2 Å². The molecule has 0 fully saturated rings. The molecule has 0 unspecified atom stereocenters. The molecule has 2 atom stereocenters. The third kappa shape index (κ3) is 4.68. The first kappa shape index (κ1) is 19.6. The van der Waals surface area contributed by atoms with Crippen LogP contribution >= 0.6 is 0 Å². The molecule has 0 aliphatic carbocycles. The van der Waals surface area contributed by atoms with E-state index in [2.05, 4.69) is 26.0 Å². The van der Waals surface area contributed by atoms with Crippen LogP contribution in [0, 0.1) is 13.8 Å². The third-order valence-corrected chi connectivity index (χ3v) is 4.29.